The van der Waals surface area contributed by atoms with Crippen molar-refractivity contribution in [1.29, 1.82) is 0 Å². The van der Waals surface area contributed by atoms with Gasteiger partial charge in [-0.25, -0.2) is 0 Å². The molecule has 24 heavy (non-hydrogen) atoms. The number of carbonyl (C=O) groups is 3. The van der Waals surface area contributed by atoms with Gasteiger partial charge in [0.1, 0.15) is 12.4 Å². The van der Waals surface area contributed by atoms with E-state index in [4.69, 9.17) is 15.2 Å². The second-order valence-corrected chi connectivity index (χ2v) is 5.24. The molecule has 1 heterocycles. The van der Waals surface area contributed by atoms with Gasteiger partial charge in [-0.15, -0.1) is 0 Å². The number of hydrogen-bond acceptors (Lipinski definition) is 6. The molecular formula is C16H21N3O5. The number of amides is 2. The van der Waals surface area contributed by atoms with Gasteiger partial charge in [-0.05, 0) is 25.1 Å². The maximum Gasteiger partial charge on any atom is 0.307 e. The van der Waals surface area contributed by atoms with E-state index in [9.17, 15) is 14.4 Å². The first-order valence-electron chi connectivity index (χ1n) is 7.75. The molecule has 1 aliphatic heterocycles. The molecule has 1 aromatic rings. The summed E-state index contributed by atoms with van der Waals surface area (Å²) in [5.41, 5.74) is 6.50. The van der Waals surface area contributed by atoms with Crippen molar-refractivity contribution in [3.8, 4) is 5.75 Å². The van der Waals surface area contributed by atoms with Crippen LogP contribution in [-0.2, 0) is 14.3 Å². The number of nitrogen functional groups attached to an aromatic ring is 1. The van der Waals surface area contributed by atoms with Gasteiger partial charge in [0.05, 0.1) is 31.7 Å². The van der Waals surface area contributed by atoms with Gasteiger partial charge < -0.3 is 25.4 Å². The zero-order chi connectivity index (χ0) is 17.5. The Bertz CT molecular complexity index is 632. The topological polar surface area (TPSA) is 111 Å². The third-order valence-electron chi connectivity index (χ3n) is 3.43. The van der Waals surface area contributed by atoms with Gasteiger partial charge >= 0.3 is 5.97 Å². The summed E-state index contributed by atoms with van der Waals surface area (Å²) in [5, 5.41) is 2.60. The summed E-state index contributed by atoms with van der Waals surface area (Å²) in [6, 6.07) is 4.84. The zero-order valence-corrected chi connectivity index (χ0v) is 13.5. The summed E-state index contributed by atoms with van der Waals surface area (Å²) < 4.78 is 10.3. The van der Waals surface area contributed by atoms with E-state index in [0.29, 0.717) is 36.8 Å². The predicted molar refractivity (Wildman–Crippen MR) is 86.5 cm³/mol. The van der Waals surface area contributed by atoms with Crippen molar-refractivity contribution in [2.24, 2.45) is 0 Å². The Kier molecular flexibility index (Phi) is 6.00. The maximum atomic E-state index is 12.5. The molecule has 8 nitrogen and oxygen atoms in total. The lowest BCUT2D eigenvalue weighted by molar-refractivity contribution is -0.143. The summed E-state index contributed by atoms with van der Waals surface area (Å²) in [5.74, 6) is -0.573. The van der Waals surface area contributed by atoms with E-state index in [-0.39, 0.29) is 37.3 Å². The lowest BCUT2D eigenvalue weighted by Crippen LogP contribution is -2.42. The predicted octanol–water partition coefficient (Wildman–Crippen LogP) is 0.173. The van der Waals surface area contributed by atoms with Crippen LogP contribution >= 0.6 is 0 Å². The van der Waals surface area contributed by atoms with E-state index in [2.05, 4.69) is 5.32 Å². The number of benzene rings is 1. The highest BCUT2D eigenvalue weighted by Gasteiger charge is 2.25. The lowest BCUT2D eigenvalue weighted by Gasteiger charge is -2.19. The zero-order valence-electron chi connectivity index (χ0n) is 13.5. The molecule has 0 saturated carbocycles. The summed E-state index contributed by atoms with van der Waals surface area (Å²) in [6.45, 7) is 2.65. The number of hydrogen-bond donors (Lipinski definition) is 2. The van der Waals surface area contributed by atoms with Crippen LogP contribution in [0.3, 0.4) is 0 Å². The van der Waals surface area contributed by atoms with Crippen molar-refractivity contribution < 1.29 is 23.9 Å². The summed E-state index contributed by atoms with van der Waals surface area (Å²) in [4.78, 5) is 37.1. The van der Waals surface area contributed by atoms with Crippen molar-refractivity contribution in [2.75, 3.05) is 38.6 Å². The second-order valence-electron chi connectivity index (χ2n) is 5.24. The van der Waals surface area contributed by atoms with Crippen LogP contribution in [0.2, 0.25) is 0 Å². The van der Waals surface area contributed by atoms with E-state index in [1.807, 2.05) is 0 Å². The molecule has 0 spiro atoms. The average molecular weight is 335 g/mol. The van der Waals surface area contributed by atoms with Gasteiger partial charge in [0.25, 0.3) is 5.91 Å². The Morgan fingerprint density at radius 2 is 2.21 bits per heavy atom. The molecule has 1 aliphatic rings. The fourth-order valence-electron chi connectivity index (χ4n) is 2.30. The van der Waals surface area contributed by atoms with Crippen LogP contribution in [0.1, 0.15) is 23.7 Å². The number of nitrogens with two attached hydrogens (primary N) is 1. The summed E-state index contributed by atoms with van der Waals surface area (Å²) in [7, 11) is 0. The van der Waals surface area contributed by atoms with E-state index >= 15 is 0 Å². The summed E-state index contributed by atoms with van der Waals surface area (Å²) >= 11 is 0. The van der Waals surface area contributed by atoms with Crippen molar-refractivity contribution in [3.63, 3.8) is 0 Å². The monoisotopic (exact) mass is 335 g/mol. The number of carbonyl (C=O) groups excluding carboxylic acids is 3. The largest absolute Gasteiger partial charge is 0.491 e. The maximum absolute atomic E-state index is 12.5. The van der Waals surface area contributed by atoms with Crippen LogP contribution in [0.4, 0.5) is 5.69 Å². The molecule has 3 N–H and O–H groups in total. The molecule has 0 aliphatic carbocycles. The molecule has 1 aromatic carbocycles. The minimum atomic E-state index is -0.374. The minimum absolute atomic E-state index is 0.0933. The van der Waals surface area contributed by atoms with Crippen molar-refractivity contribution >= 4 is 23.5 Å². The number of nitrogens with zero attached hydrogens (tertiary/aromatic N) is 1. The van der Waals surface area contributed by atoms with Crippen molar-refractivity contribution in [1.82, 2.24) is 10.2 Å². The molecule has 130 valence electrons. The molecule has 2 amide bonds. The molecule has 0 radical (unpaired) electrons. The molecule has 0 fully saturated rings. The molecule has 0 aromatic heterocycles. The van der Waals surface area contributed by atoms with Crippen LogP contribution in [0.25, 0.3) is 0 Å². The van der Waals surface area contributed by atoms with Gasteiger partial charge in [0.2, 0.25) is 5.91 Å². The van der Waals surface area contributed by atoms with Crippen molar-refractivity contribution in [3.05, 3.63) is 23.8 Å². The van der Waals surface area contributed by atoms with E-state index in [0.717, 1.165) is 0 Å². The molecule has 2 rings (SSSR count). The van der Waals surface area contributed by atoms with Crippen LogP contribution in [0.5, 0.6) is 5.75 Å². The first-order chi connectivity index (χ1) is 11.5. The fraction of sp³-hybridized carbons (Fsp3) is 0.438. The fourth-order valence-corrected chi connectivity index (χ4v) is 2.30. The van der Waals surface area contributed by atoms with Crippen LogP contribution in [0, 0.1) is 0 Å². The highest BCUT2D eigenvalue weighted by atomic mass is 16.5. The molecule has 0 saturated heterocycles. The standard InChI is InChI=1S/C16H21N3O5/c1-2-23-15(21)5-6-18-14(20)10-19-7-8-24-13-4-3-11(17)9-12(13)16(19)22/h3-4,9H,2,5-8,10,17H2,1H3,(H,18,20). The Morgan fingerprint density at radius 3 is 2.96 bits per heavy atom. The molecule has 0 bridgehead atoms. The van der Waals surface area contributed by atoms with E-state index in [1.165, 1.54) is 11.0 Å². The highest BCUT2D eigenvalue weighted by Crippen LogP contribution is 2.25. The van der Waals surface area contributed by atoms with E-state index < -0.39 is 0 Å². The number of rotatable bonds is 6. The Hall–Kier alpha value is -2.77. The van der Waals surface area contributed by atoms with Gasteiger partial charge in [-0.2, -0.15) is 0 Å². The quantitative estimate of drug-likeness (QED) is 0.566. The lowest BCUT2D eigenvalue weighted by atomic mass is 10.1. The molecule has 0 unspecified atom stereocenters. The van der Waals surface area contributed by atoms with Gasteiger partial charge in [0, 0.05) is 12.2 Å². The van der Waals surface area contributed by atoms with Crippen LogP contribution in [0.15, 0.2) is 18.2 Å². The first-order valence-corrected chi connectivity index (χ1v) is 7.75. The van der Waals surface area contributed by atoms with Crippen LogP contribution in [-0.4, -0.2) is 55.5 Å². The van der Waals surface area contributed by atoms with Gasteiger partial charge in [-0.1, -0.05) is 0 Å². The normalized spacial score (nSPS) is 13.5. The number of nitrogens with one attached hydrogen (secondary N) is 1. The number of ether oxygens (including phenoxy) is 2. The SMILES string of the molecule is CCOC(=O)CCNC(=O)CN1CCOc2ccc(N)cc2C1=O. The smallest absolute Gasteiger partial charge is 0.307 e. The molecule has 0 atom stereocenters. The third-order valence-corrected chi connectivity index (χ3v) is 3.43. The average Bonchev–Trinajstić information content (AvgIpc) is 2.68. The Morgan fingerprint density at radius 1 is 1.42 bits per heavy atom. The van der Waals surface area contributed by atoms with Gasteiger partial charge in [0.15, 0.2) is 0 Å². The number of anilines is 1. The third kappa shape index (κ3) is 4.61. The molecule has 8 heteroatoms. The number of fused-ring (bicyclic) bond motifs is 1. The highest BCUT2D eigenvalue weighted by molar-refractivity contribution is 5.99. The Labute approximate surface area is 139 Å². The van der Waals surface area contributed by atoms with Gasteiger partial charge in [-0.3, -0.25) is 14.4 Å². The molecular weight excluding hydrogens is 314 g/mol. The minimum Gasteiger partial charge on any atom is -0.491 e. The Balaban J connectivity index is 1.91. The summed E-state index contributed by atoms with van der Waals surface area (Å²) in [6.07, 6.45) is 0.0933. The van der Waals surface area contributed by atoms with Crippen LogP contribution < -0.4 is 15.8 Å². The first kappa shape index (κ1) is 17.6. The second kappa shape index (κ2) is 8.19. The van der Waals surface area contributed by atoms with E-state index in [1.54, 1.807) is 19.1 Å². The van der Waals surface area contributed by atoms with Crippen molar-refractivity contribution in [2.45, 2.75) is 13.3 Å². The number of esters is 1.